The van der Waals surface area contributed by atoms with Crippen molar-refractivity contribution in [3.8, 4) is 5.75 Å². The van der Waals surface area contributed by atoms with E-state index in [2.05, 4.69) is 44.1 Å². The zero-order chi connectivity index (χ0) is 15.2. The molecule has 0 bridgehead atoms. The SMILES string of the molecule is Cc1ccccc1OCCc1nc(C)c(CNC(C)C)s1. The number of rotatable bonds is 7. The van der Waals surface area contributed by atoms with E-state index in [1.165, 1.54) is 10.4 Å². The molecule has 0 aliphatic carbocycles. The summed E-state index contributed by atoms with van der Waals surface area (Å²) < 4.78 is 5.84. The first-order valence-electron chi connectivity index (χ1n) is 7.43. The molecule has 1 heterocycles. The summed E-state index contributed by atoms with van der Waals surface area (Å²) in [5.41, 5.74) is 2.31. The first-order valence-corrected chi connectivity index (χ1v) is 8.25. The number of ether oxygens (including phenoxy) is 1. The predicted molar refractivity (Wildman–Crippen MR) is 89.2 cm³/mol. The van der Waals surface area contributed by atoms with Gasteiger partial charge in [-0.2, -0.15) is 0 Å². The van der Waals surface area contributed by atoms with Crippen molar-refractivity contribution in [2.45, 2.75) is 46.7 Å². The van der Waals surface area contributed by atoms with Crippen LogP contribution in [0.25, 0.3) is 0 Å². The topological polar surface area (TPSA) is 34.1 Å². The summed E-state index contributed by atoms with van der Waals surface area (Å²) >= 11 is 1.79. The molecule has 0 saturated heterocycles. The highest BCUT2D eigenvalue weighted by Gasteiger charge is 2.08. The van der Waals surface area contributed by atoms with Gasteiger partial charge in [0.25, 0.3) is 0 Å². The Morgan fingerprint density at radius 2 is 2.00 bits per heavy atom. The Labute approximate surface area is 131 Å². The minimum atomic E-state index is 0.499. The average Bonchev–Trinajstić information content (AvgIpc) is 2.79. The second kappa shape index (κ2) is 7.57. The zero-order valence-electron chi connectivity index (χ0n) is 13.3. The normalized spacial score (nSPS) is 11.1. The van der Waals surface area contributed by atoms with Crippen molar-refractivity contribution in [3.05, 3.63) is 45.4 Å². The molecule has 0 atom stereocenters. The molecule has 21 heavy (non-hydrogen) atoms. The molecule has 1 N–H and O–H groups in total. The van der Waals surface area contributed by atoms with E-state index in [4.69, 9.17) is 4.74 Å². The van der Waals surface area contributed by atoms with Gasteiger partial charge in [-0.3, -0.25) is 0 Å². The van der Waals surface area contributed by atoms with Crippen molar-refractivity contribution in [1.29, 1.82) is 0 Å². The summed E-state index contributed by atoms with van der Waals surface area (Å²) in [6.07, 6.45) is 0.863. The van der Waals surface area contributed by atoms with Crippen LogP contribution in [0.5, 0.6) is 5.75 Å². The molecule has 0 aliphatic heterocycles. The van der Waals surface area contributed by atoms with Crippen LogP contribution in [0.15, 0.2) is 24.3 Å². The smallest absolute Gasteiger partial charge is 0.122 e. The van der Waals surface area contributed by atoms with Gasteiger partial charge in [0.15, 0.2) is 0 Å². The van der Waals surface area contributed by atoms with E-state index < -0.39 is 0 Å². The molecule has 0 aliphatic rings. The maximum atomic E-state index is 5.84. The predicted octanol–water partition coefficient (Wildman–Crippen LogP) is 3.88. The van der Waals surface area contributed by atoms with Gasteiger partial charge in [-0.25, -0.2) is 4.98 Å². The first kappa shape index (κ1) is 16.0. The molecule has 0 amide bonds. The van der Waals surface area contributed by atoms with Crippen molar-refractivity contribution in [3.63, 3.8) is 0 Å². The Bertz CT molecular complexity index is 578. The molecule has 0 spiro atoms. The van der Waals surface area contributed by atoms with E-state index in [0.717, 1.165) is 29.4 Å². The molecule has 3 nitrogen and oxygen atoms in total. The van der Waals surface area contributed by atoms with Crippen molar-refractivity contribution in [2.75, 3.05) is 6.61 Å². The van der Waals surface area contributed by atoms with Gasteiger partial charge in [-0.05, 0) is 25.5 Å². The number of para-hydroxylation sites is 1. The van der Waals surface area contributed by atoms with E-state index in [1.807, 2.05) is 18.2 Å². The highest BCUT2D eigenvalue weighted by molar-refractivity contribution is 7.11. The van der Waals surface area contributed by atoms with Crippen LogP contribution >= 0.6 is 11.3 Å². The van der Waals surface area contributed by atoms with E-state index in [9.17, 15) is 0 Å². The summed E-state index contributed by atoms with van der Waals surface area (Å²) in [4.78, 5) is 5.97. The second-order valence-corrected chi connectivity index (χ2v) is 6.68. The van der Waals surface area contributed by atoms with Crippen molar-refractivity contribution in [2.24, 2.45) is 0 Å². The number of aryl methyl sites for hydroxylation is 2. The lowest BCUT2D eigenvalue weighted by Crippen LogP contribution is -2.21. The number of hydrogen-bond donors (Lipinski definition) is 1. The van der Waals surface area contributed by atoms with Gasteiger partial charge in [-0.1, -0.05) is 32.0 Å². The minimum Gasteiger partial charge on any atom is -0.493 e. The van der Waals surface area contributed by atoms with Gasteiger partial charge in [0, 0.05) is 23.9 Å². The van der Waals surface area contributed by atoms with Gasteiger partial charge in [0.2, 0.25) is 0 Å². The molecule has 2 rings (SSSR count). The third-order valence-corrected chi connectivity index (χ3v) is 4.49. The minimum absolute atomic E-state index is 0.499. The standard InChI is InChI=1S/C17H24N2OS/c1-12(2)18-11-16-14(4)19-17(21-16)9-10-20-15-8-6-5-7-13(15)3/h5-8,12,18H,9-11H2,1-4H3. The number of nitrogens with zero attached hydrogens (tertiary/aromatic N) is 1. The lowest BCUT2D eigenvalue weighted by atomic mass is 10.2. The quantitative estimate of drug-likeness (QED) is 0.843. The summed E-state index contributed by atoms with van der Waals surface area (Å²) in [5.74, 6) is 0.965. The molecule has 4 heteroatoms. The maximum absolute atomic E-state index is 5.84. The van der Waals surface area contributed by atoms with Crippen molar-refractivity contribution in [1.82, 2.24) is 10.3 Å². The third kappa shape index (κ3) is 4.83. The summed E-state index contributed by atoms with van der Waals surface area (Å²) in [6, 6.07) is 8.62. The molecule has 1 aromatic carbocycles. The largest absolute Gasteiger partial charge is 0.493 e. The Morgan fingerprint density at radius 3 is 2.71 bits per heavy atom. The lowest BCUT2D eigenvalue weighted by Gasteiger charge is -2.07. The summed E-state index contributed by atoms with van der Waals surface area (Å²) in [5, 5.41) is 4.60. The van der Waals surface area contributed by atoms with Crippen LogP contribution in [-0.2, 0) is 13.0 Å². The molecule has 1 aromatic heterocycles. The van der Waals surface area contributed by atoms with Gasteiger partial charge in [0.05, 0.1) is 17.3 Å². The Hall–Kier alpha value is -1.39. The Balaban J connectivity index is 1.86. The van der Waals surface area contributed by atoms with Crippen LogP contribution in [0, 0.1) is 13.8 Å². The van der Waals surface area contributed by atoms with Crippen LogP contribution in [0.2, 0.25) is 0 Å². The summed E-state index contributed by atoms with van der Waals surface area (Å²) in [6.45, 7) is 10.0. The molecule has 0 unspecified atom stereocenters. The number of thiazole rings is 1. The maximum Gasteiger partial charge on any atom is 0.122 e. The average molecular weight is 304 g/mol. The van der Waals surface area contributed by atoms with Crippen LogP contribution in [0.1, 0.15) is 35.0 Å². The van der Waals surface area contributed by atoms with Gasteiger partial charge >= 0.3 is 0 Å². The molecule has 0 radical (unpaired) electrons. The fourth-order valence-corrected chi connectivity index (χ4v) is 3.02. The number of hydrogen-bond acceptors (Lipinski definition) is 4. The van der Waals surface area contributed by atoms with Gasteiger partial charge < -0.3 is 10.1 Å². The highest BCUT2D eigenvalue weighted by Crippen LogP contribution is 2.20. The van der Waals surface area contributed by atoms with Gasteiger partial charge in [0.1, 0.15) is 5.75 Å². The van der Waals surface area contributed by atoms with Crippen molar-refractivity contribution >= 4 is 11.3 Å². The van der Waals surface area contributed by atoms with Crippen LogP contribution in [-0.4, -0.2) is 17.6 Å². The second-order valence-electron chi connectivity index (χ2n) is 5.52. The van der Waals surface area contributed by atoms with E-state index in [0.29, 0.717) is 12.6 Å². The fourth-order valence-electron chi connectivity index (χ4n) is 2.02. The molecule has 0 saturated carbocycles. The van der Waals surface area contributed by atoms with E-state index in [1.54, 1.807) is 11.3 Å². The van der Waals surface area contributed by atoms with Crippen LogP contribution in [0.4, 0.5) is 0 Å². The van der Waals surface area contributed by atoms with Crippen LogP contribution < -0.4 is 10.1 Å². The summed E-state index contributed by atoms with van der Waals surface area (Å²) in [7, 11) is 0. The fraction of sp³-hybridized carbons (Fsp3) is 0.471. The molecule has 2 aromatic rings. The molecular formula is C17H24N2OS. The number of benzene rings is 1. The monoisotopic (exact) mass is 304 g/mol. The van der Waals surface area contributed by atoms with Crippen molar-refractivity contribution < 1.29 is 4.74 Å². The zero-order valence-corrected chi connectivity index (χ0v) is 14.1. The first-order chi connectivity index (χ1) is 10.1. The molecule has 114 valence electrons. The van der Waals surface area contributed by atoms with E-state index in [-0.39, 0.29) is 0 Å². The Morgan fingerprint density at radius 1 is 1.24 bits per heavy atom. The highest BCUT2D eigenvalue weighted by atomic mass is 32.1. The Kier molecular flexibility index (Phi) is 5.76. The van der Waals surface area contributed by atoms with E-state index >= 15 is 0 Å². The van der Waals surface area contributed by atoms with Crippen LogP contribution in [0.3, 0.4) is 0 Å². The lowest BCUT2D eigenvalue weighted by molar-refractivity contribution is 0.319. The number of nitrogens with one attached hydrogen (secondary N) is 1. The molecular weight excluding hydrogens is 280 g/mol. The van der Waals surface area contributed by atoms with Gasteiger partial charge in [-0.15, -0.1) is 11.3 Å². The molecule has 0 fully saturated rings. The number of aromatic nitrogens is 1. The third-order valence-electron chi connectivity index (χ3n) is 3.27.